The SMILES string of the molecule is CCn1ncc2c(NC3CCOCC3)c(-c3nnc(CNC(=O)C4CC4)o3)cnc21. The molecule has 5 rings (SSSR count). The summed E-state index contributed by atoms with van der Waals surface area (Å²) in [7, 11) is 0. The Balaban J connectivity index is 1.45. The number of pyridine rings is 1. The fraction of sp³-hybridized carbons (Fsp3) is 0.550. The largest absolute Gasteiger partial charge is 0.419 e. The van der Waals surface area contributed by atoms with Crippen LogP contribution in [0, 0.1) is 5.92 Å². The second-order valence-corrected chi connectivity index (χ2v) is 7.77. The van der Waals surface area contributed by atoms with E-state index in [1.165, 1.54) is 0 Å². The summed E-state index contributed by atoms with van der Waals surface area (Å²) >= 11 is 0. The smallest absolute Gasteiger partial charge is 0.251 e. The van der Waals surface area contributed by atoms with Gasteiger partial charge < -0.3 is 19.8 Å². The first kappa shape index (κ1) is 19.0. The van der Waals surface area contributed by atoms with Crippen molar-refractivity contribution < 1.29 is 13.9 Å². The molecule has 1 amide bonds. The summed E-state index contributed by atoms with van der Waals surface area (Å²) in [5.41, 5.74) is 2.44. The number of aryl methyl sites for hydroxylation is 1. The number of hydrogen-bond acceptors (Lipinski definition) is 8. The third-order valence-electron chi connectivity index (χ3n) is 5.59. The average Bonchev–Trinajstić information content (AvgIpc) is 3.38. The maximum atomic E-state index is 11.9. The van der Waals surface area contributed by atoms with Crippen molar-refractivity contribution in [3.8, 4) is 11.5 Å². The second kappa shape index (κ2) is 8.02. The fourth-order valence-electron chi connectivity index (χ4n) is 3.71. The summed E-state index contributed by atoms with van der Waals surface area (Å²) < 4.78 is 13.2. The number of anilines is 1. The highest BCUT2D eigenvalue weighted by Gasteiger charge is 2.29. The molecule has 1 saturated carbocycles. The minimum Gasteiger partial charge on any atom is -0.419 e. The molecule has 0 aromatic carbocycles. The molecule has 0 radical (unpaired) electrons. The number of fused-ring (bicyclic) bond motifs is 1. The molecular weight excluding hydrogens is 386 g/mol. The van der Waals surface area contributed by atoms with Gasteiger partial charge in [-0.1, -0.05) is 0 Å². The number of amides is 1. The fourth-order valence-corrected chi connectivity index (χ4v) is 3.71. The Bertz CT molecular complexity index is 1050. The molecule has 2 aliphatic rings. The molecule has 0 spiro atoms. The van der Waals surface area contributed by atoms with Crippen molar-refractivity contribution in [2.45, 2.75) is 51.7 Å². The standard InChI is InChI=1S/C20H25N7O3/c1-2-27-18-14(10-23-27)17(24-13-5-7-29-8-6-13)15(9-21-18)20-26-25-16(30-20)11-22-19(28)12-3-4-12/h9-10,12-13H,2-8,11H2,1H3,(H,21,24)(H,22,28). The topological polar surface area (TPSA) is 120 Å². The Kier molecular flexibility index (Phi) is 5.07. The Morgan fingerprint density at radius 1 is 1.20 bits per heavy atom. The average molecular weight is 411 g/mol. The monoisotopic (exact) mass is 411 g/mol. The quantitative estimate of drug-likeness (QED) is 0.607. The Hall–Kier alpha value is -3.01. The molecular formula is C20H25N7O3. The number of nitrogens with zero attached hydrogens (tertiary/aromatic N) is 5. The van der Waals surface area contributed by atoms with Gasteiger partial charge in [0.05, 0.1) is 29.4 Å². The molecule has 1 saturated heterocycles. The zero-order chi connectivity index (χ0) is 20.5. The molecule has 0 atom stereocenters. The highest BCUT2D eigenvalue weighted by Crippen LogP contribution is 2.34. The van der Waals surface area contributed by atoms with Crippen LogP contribution in [0.4, 0.5) is 5.69 Å². The van der Waals surface area contributed by atoms with Gasteiger partial charge in [0.1, 0.15) is 0 Å². The van der Waals surface area contributed by atoms with Crippen LogP contribution in [0.15, 0.2) is 16.8 Å². The van der Waals surface area contributed by atoms with Crippen LogP contribution in [0.2, 0.25) is 0 Å². The van der Waals surface area contributed by atoms with Crippen LogP contribution in [0.1, 0.15) is 38.5 Å². The van der Waals surface area contributed by atoms with Crippen LogP contribution in [0.3, 0.4) is 0 Å². The van der Waals surface area contributed by atoms with Crippen LogP contribution in [0.5, 0.6) is 0 Å². The van der Waals surface area contributed by atoms with E-state index in [0.29, 0.717) is 11.8 Å². The first-order valence-corrected chi connectivity index (χ1v) is 10.5. The molecule has 1 aliphatic carbocycles. The van der Waals surface area contributed by atoms with E-state index >= 15 is 0 Å². The normalized spacial score (nSPS) is 17.4. The van der Waals surface area contributed by atoms with Gasteiger partial charge in [-0.25, -0.2) is 9.67 Å². The number of carbonyl (C=O) groups is 1. The molecule has 30 heavy (non-hydrogen) atoms. The van der Waals surface area contributed by atoms with Crippen molar-refractivity contribution in [2.75, 3.05) is 18.5 Å². The van der Waals surface area contributed by atoms with Gasteiger partial charge in [0, 0.05) is 37.9 Å². The van der Waals surface area contributed by atoms with Crippen molar-refractivity contribution in [1.29, 1.82) is 0 Å². The number of carbonyl (C=O) groups excluding carboxylic acids is 1. The Morgan fingerprint density at radius 3 is 2.80 bits per heavy atom. The van der Waals surface area contributed by atoms with Crippen LogP contribution in [-0.4, -0.2) is 50.1 Å². The summed E-state index contributed by atoms with van der Waals surface area (Å²) in [4.78, 5) is 16.5. The number of ether oxygens (including phenoxy) is 1. The van der Waals surface area contributed by atoms with E-state index in [0.717, 1.165) is 67.7 Å². The van der Waals surface area contributed by atoms with Gasteiger partial charge in [-0.3, -0.25) is 4.79 Å². The van der Waals surface area contributed by atoms with Gasteiger partial charge >= 0.3 is 0 Å². The van der Waals surface area contributed by atoms with E-state index in [-0.39, 0.29) is 24.4 Å². The number of rotatable bonds is 7. The van der Waals surface area contributed by atoms with E-state index in [2.05, 4.69) is 30.9 Å². The van der Waals surface area contributed by atoms with Gasteiger partial charge in [-0.15, -0.1) is 10.2 Å². The first-order chi connectivity index (χ1) is 14.7. The van der Waals surface area contributed by atoms with Gasteiger partial charge in [0.2, 0.25) is 11.8 Å². The minimum atomic E-state index is 0.0479. The van der Waals surface area contributed by atoms with E-state index < -0.39 is 0 Å². The zero-order valence-corrected chi connectivity index (χ0v) is 16.9. The summed E-state index contributed by atoms with van der Waals surface area (Å²) in [5, 5.41) is 20.2. The lowest BCUT2D eigenvalue weighted by molar-refractivity contribution is -0.122. The summed E-state index contributed by atoms with van der Waals surface area (Å²) in [6.45, 7) is 4.47. The third kappa shape index (κ3) is 3.74. The first-order valence-electron chi connectivity index (χ1n) is 10.5. The van der Waals surface area contributed by atoms with E-state index in [1.54, 1.807) is 6.20 Å². The lowest BCUT2D eigenvalue weighted by Crippen LogP contribution is -2.28. The number of aromatic nitrogens is 5. The van der Waals surface area contributed by atoms with Gasteiger partial charge in [-0.2, -0.15) is 5.10 Å². The molecule has 10 nitrogen and oxygen atoms in total. The lowest BCUT2D eigenvalue weighted by Gasteiger charge is -2.25. The van der Waals surface area contributed by atoms with Gasteiger partial charge in [0.15, 0.2) is 5.65 Å². The molecule has 1 aliphatic heterocycles. The predicted molar refractivity (Wildman–Crippen MR) is 109 cm³/mol. The summed E-state index contributed by atoms with van der Waals surface area (Å²) in [6.07, 6.45) is 7.33. The molecule has 0 unspecified atom stereocenters. The maximum Gasteiger partial charge on any atom is 0.251 e. The summed E-state index contributed by atoms with van der Waals surface area (Å²) in [6, 6.07) is 0.285. The number of nitrogens with one attached hydrogen (secondary N) is 2. The minimum absolute atomic E-state index is 0.0479. The van der Waals surface area contributed by atoms with E-state index in [4.69, 9.17) is 9.15 Å². The number of hydrogen-bond donors (Lipinski definition) is 2. The lowest BCUT2D eigenvalue weighted by atomic mass is 10.1. The molecule has 4 heterocycles. The highest BCUT2D eigenvalue weighted by atomic mass is 16.5. The molecule has 10 heteroatoms. The van der Waals surface area contributed by atoms with E-state index in [1.807, 2.05) is 17.8 Å². The highest BCUT2D eigenvalue weighted by molar-refractivity contribution is 5.96. The summed E-state index contributed by atoms with van der Waals surface area (Å²) in [5.74, 6) is 0.940. The van der Waals surface area contributed by atoms with Crippen molar-refractivity contribution in [3.63, 3.8) is 0 Å². The Labute approximate surface area is 173 Å². The molecule has 0 bridgehead atoms. The third-order valence-corrected chi connectivity index (χ3v) is 5.59. The van der Waals surface area contributed by atoms with Crippen LogP contribution >= 0.6 is 0 Å². The van der Waals surface area contributed by atoms with Crippen LogP contribution < -0.4 is 10.6 Å². The maximum absolute atomic E-state index is 11.9. The van der Waals surface area contributed by atoms with Crippen molar-refractivity contribution >= 4 is 22.6 Å². The molecule has 3 aromatic rings. The molecule has 2 fully saturated rings. The van der Waals surface area contributed by atoms with Crippen molar-refractivity contribution in [3.05, 3.63) is 18.3 Å². The molecule has 158 valence electrons. The van der Waals surface area contributed by atoms with Crippen LogP contribution in [0.25, 0.3) is 22.5 Å². The van der Waals surface area contributed by atoms with Crippen LogP contribution in [-0.2, 0) is 22.6 Å². The predicted octanol–water partition coefficient (Wildman–Crippen LogP) is 2.12. The molecule has 3 aromatic heterocycles. The van der Waals surface area contributed by atoms with E-state index in [9.17, 15) is 4.79 Å². The Morgan fingerprint density at radius 2 is 2.03 bits per heavy atom. The van der Waals surface area contributed by atoms with Crippen molar-refractivity contribution in [2.24, 2.45) is 5.92 Å². The van der Waals surface area contributed by atoms with Crippen molar-refractivity contribution in [1.82, 2.24) is 30.3 Å². The van der Waals surface area contributed by atoms with Gasteiger partial charge in [0.25, 0.3) is 5.89 Å². The zero-order valence-electron chi connectivity index (χ0n) is 16.9. The molecule has 2 N–H and O–H groups in total. The van der Waals surface area contributed by atoms with Gasteiger partial charge in [-0.05, 0) is 32.6 Å². The second-order valence-electron chi connectivity index (χ2n) is 7.77.